The van der Waals surface area contributed by atoms with Gasteiger partial charge in [0.2, 0.25) is 0 Å². The number of aliphatic hydroxyl groups is 1. The van der Waals surface area contributed by atoms with E-state index < -0.39 is 29.9 Å². The summed E-state index contributed by atoms with van der Waals surface area (Å²) in [7, 11) is 0. The standard InChI is InChI=1S/C11H17NO5.Na/c1-10(16)11(5-3-2-4-6-11)17-9(15)12(10)7-8(13)14;/h16H,2-7H2,1H3,(H,13,14);/q;+1. The minimum Gasteiger partial charge on any atom is -0.480 e. The summed E-state index contributed by atoms with van der Waals surface area (Å²) in [5.74, 6) is -1.16. The fraction of sp³-hybridized carbons (Fsp3) is 0.818. The average Bonchev–Trinajstić information content (AvgIpc) is 2.41. The van der Waals surface area contributed by atoms with Crippen LogP contribution in [0, 0.1) is 0 Å². The van der Waals surface area contributed by atoms with E-state index in [4.69, 9.17) is 9.84 Å². The van der Waals surface area contributed by atoms with Crippen LogP contribution in [0.4, 0.5) is 4.79 Å². The molecule has 1 aliphatic heterocycles. The van der Waals surface area contributed by atoms with Gasteiger partial charge in [0.1, 0.15) is 6.54 Å². The number of carbonyl (C=O) groups excluding carboxylic acids is 1. The Morgan fingerprint density at radius 2 is 1.94 bits per heavy atom. The number of hydrogen-bond donors (Lipinski definition) is 2. The van der Waals surface area contributed by atoms with Gasteiger partial charge in [0.05, 0.1) is 0 Å². The number of carboxylic acid groups (broad SMARTS) is 1. The zero-order valence-corrected chi connectivity index (χ0v) is 12.8. The zero-order chi connectivity index (χ0) is 12.7. The van der Waals surface area contributed by atoms with Crippen molar-refractivity contribution in [2.75, 3.05) is 6.54 Å². The molecule has 2 fully saturated rings. The van der Waals surface area contributed by atoms with E-state index in [2.05, 4.69) is 0 Å². The fourth-order valence-electron chi connectivity index (χ4n) is 2.79. The van der Waals surface area contributed by atoms with Crippen LogP contribution in [0.2, 0.25) is 0 Å². The Labute approximate surface area is 128 Å². The number of aliphatic carboxylic acids is 1. The van der Waals surface area contributed by atoms with Gasteiger partial charge in [-0.2, -0.15) is 0 Å². The first-order valence-corrected chi connectivity index (χ1v) is 5.84. The van der Waals surface area contributed by atoms with Gasteiger partial charge < -0.3 is 14.9 Å². The first kappa shape index (κ1) is 15.8. The van der Waals surface area contributed by atoms with Crippen LogP contribution in [0.1, 0.15) is 39.0 Å². The van der Waals surface area contributed by atoms with Crippen molar-refractivity contribution in [3.05, 3.63) is 0 Å². The topological polar surface area (TPSA) is 87.1 Å². The molecule has 6 nitrogen and oxygen atoms in total. The summed E-state index contributed by atoms with van der Waals surface area (Å²) < 4.78 is 5.29. The summed E-state index contributed by atoms with van der Waals surface area (Å²) in [6, 6.07) is 0. The van der Waals surface area contributed by atoms with Crippen LogP contribution in [0.5, 0.6) is 0 Å². The number of carbonyl (C=O) groups is 2. The van der Waals surface area contributed by atoms with Crippen molar-refractivity contribution in [1.29, 1.82) is 0 Å². The maximum Gasteiger partial charge on any atom is 1.00 e. The Morgan fingerprint density at radius 1 is 1.39 bits per heavy atom. The Kier molecular flexibility index (Phi) is 4.70. The van der Waals surface area contributed by atoms with Crippen molar-refractivity contribution in [1.82, 2.24) is 4.90 Å². The van der Waals surface area contributed by atoms with Gasteiger partial charge in [-0.3, -0.25) is 9.69 Å². The maximum absolute atomic E-state index is 11.7. The van der Waals surface area contributed by atoms with Crippen LogP contribution in [-0.4, -0.2) is 45.0 Å². The van der Waals surface area contributed by atoms with Crippen molar-refractivity contribution in [3.8, 4) is 0 Å². The molecule has 0 aromatic heterocycles. The van der Waals surface area contributed by atoms with Crippen molar-refractivity contribution in [3.63, 3.8) is 0 Å². The smallest absolute Gasteiger partial charge is 0.480 e. The van der Waals surface area contributed by atoms with Gasteiger partial charge in [-0.05, 0) is 32.6 Å². The predicted octanol–water partition coefficient (Wildman–Crippen LogP) is -2.06. The molecular formula is C11H17NNaO5+. The maximum atomic E-state index is 11.7. The van der Waals surface area contributed by atoms with E-state index in [0.29, 0.717) is 12.8 Å². The molecule has 2 aliphatic rings. The van der Waals surface area contributed by atoms with Crippen LogP contribution in [0.15, 0.2) is 0 Å². The number of rotatable bonds is 2. The second kappa shape index (κ2) is 5.36. The number of nitrogens with zero attached hydrogens (tertiary/aromatic N) is 1. The summed E-state index contributed by atoms with van der Waals surface area (Å²) in [6.07, 6.45) is 3.24. The monoisotopic (exact) mass is 266 g/mol. The molecule has 1 saturated carbocycles. The van der Waals surface area contributed by atoms with E-state index in [1.807, 2.05) is 0 Å². The van der Waals surface area contributed by atoms with Crippen molar-refractivity contribution in [2.45, 2.75) is 50.4 Å². The van der Waals surface area contributed by atoms with E-state index in [9.17, 15) is 14.7 Å². The first-order chi connectivity index (χ1) is 7.89. The van der Waals surface area contributed by atoms with E-state index in [0.717, 1.165) is 24.2 Å². The molecule has 0 radical (unpaired) electrons. The molecule has 0 aromatic carbocycles. The molecule has 1 amide bonds. The van der Waals surface area contributed by atoms with Crippen molar-refractivity contribution < 1.29 is 54.1 Å². The normalized spacial score (nSPS) is 29.9. The molecule has 2 rings (SSSR count). The van der Waals surface area contributed by atoms with Gasteiger partial charge in [-0.1, -0.05) is 6.42 Å². The quantitative estimate of drug-likeness (QED) is 0.561. The van der Waals surface area contributed by atoms with E-state index in [-0.39, 0.29) is 29.6 Å². The molecule has 96 valence electrons. The first-order valence-electron chi connectivity index (χ1n) is 5.84. The summed E-state index contributed by atoms with van der Waals surface area (Å²) in [6.45, 7) is 0.930. The van der Waals surface area contributed by atoms with Crippen LogP contribution >= 0.6 is 0 Å². The van der Waals surface area contributed by atoms with E-state index in [1.165, 1.54) is 6.92 Å². The number of hydrogen-bond acceptors (Lipinski definition) is 4. The summed E-state index contributed by atoms with van der Waals surface area (Å²) in [5, 5.41) is 19.2. The number of carboxylic acids is 1. The zero-order valence-electron chi connectivity index (χ0n) is 10.8. The molecule has 1 spiro atoms. The van der Waals surface area contributed by atoms with Crippen molar-refractivity contribution >= 4 is 12.1 Å². The number of amides is 1. The number of ether oxygens (including phenoxy) is 1. The fourth-order valence-corrected chi connectivity index (χ4v) is 2.79. The molecule has 18 heavy (non-hydrogen) atoms. The Hall–Kier alpha value is -0.300. The molecule has 1 saturated heterocycles. The van der Waals surface area contributed by atoms with Gasteiger partial charge in [0, 0.05) is 0 Å². The third-order valence-electron chi connectivity index (χ3n) is 3.85. The van der Waals surface area contributed by atoms with Crippen LogP contribution in [-0.2, 0) is 9.53 Å². The minimum absolute atomic E-state index is 0. The predicted molar refractivity (Wildman–Crippen MR) is 57.3 cm³/mol. The Morgan fingerprint density at radius 3 is 2.44 bits per heavy atom. The van der Waals surface area contributed by atoms with Gasteiger partial charge in [-0.25, -0.2) is 4.79 Å². The van der Waals surface area contributed by atoms with Crippen LogP contribution < -0.4 is 29.6 Å². The third kappa shape index (κ3) is 2.39. The molecule has 1 aliphatic carbocycles. The van der Waals surface area contributed by atoms with Crippen LogP contribution in [0.25, 0.3) is 0 Å². The van der Waals surface area contributed by atoms with Gasteiger partial charge in [0.25, 0.3) is 0 Å². The second-order valence-electron chi connectivity index (χ2n) is 4.92. The second-order valence-corrected chi connectivity index (χ2v) is 4.92. The molecule has 7 heteroatoms. The van der Waals surface area contributed by atoms with Gasteiger partial charge in [-0.15, -0.1) is 0 Å². The molecule has 0 aromatic rings. The summed E-state index contributed by atoms with van der Waals surface area (Å²) in [5.41, 5.74) is -2.47. The Balaban J connectivity index is 0.00000162. The van der Waals surface area contributed by atoms with Crippen molar-refractivity contribution in [2.24, 2.45) is 0 Å². The van der Waals surface area contributed by atoms with Crippen LogP contribution in [0.3, 0.4) is 0 Å². The van der Waals surface area contributed by atoms with E-state index in [1.54, 1.807) is 0 Å². The molecule has 2 N–H and O–H groups in total. The molecule has 1 atom stereocenters. The molecular weight excluding hydrogens is 249 g/mol. The average molecular weight is 266 g/mol. The third-order valence-corrected chi connectivity index (χ3v) is 3.85. The SMILES string of the molecule is CC1(O)N(CC(=O)O)C(=O)OC12CCCCC2.[Na+]. The largest absolute Gasteiger partial charge is 1.00 e. The molecule has 1 heterocycles. The Bertz CT molecular complexity index is 351. The summed E-state index contributed by atoms with van der Waals surface area (Å²) >= 11 is 0. The van der Waals surface area contributed by atoms with Gasteiger partial charge in [0.15, 0.2) is 11.3 Å². The molecule has 0 bridgehead atoms. The molecule has 1 unspecified atom stereocenters. The summed E-state index contributed by atoms with van der Waals surface area (Å²) in [4.78, 5) is 23.3. The van der Waals surface area contributed by atoms with Gasteiger partial charge >= 0.3 is 41.6 Å². The van der Waals surface area contributed by atoms with E-state index >= 15 is 0 Å². The minimum atomic E-state index is -1.54.